The number of benzene rings is 1. The van der Waals surface area contributed by atoms with Crippen molar-refractivity contribution >= 4 is 17.7 Å². The highest BCUT2D eigenvalue weighted by Crippen LogP contribution is 2.46. The van der Waals surface area contributed by atoms with Crippen LogP contribution >= 0.6 is 0 Å². The summed E-state index contributed by atoms with van der Waals surface area (Å²) in [4.78, 5) is 38.4. The molecule has 2 saturated heterocycles. The van der Waals surface area contributed by atoms with Crippen LogP contribution in [0.3, 0.4) is 0 Å². The molecule has 1 saturated carbocycles. The van der Waals surface area contributed by atoms with E-state index in [1.807, 2.05) is 18.2 Å². The van der Waals surface area contributed by atoms with Crippen LogP contribution in [0.15, 0.2) is 18.2 Å². The van der Waals surface area contributed by atoms with Crippen LogP contribution in [0.4, 0.5) is 0 Å². The number of carbonyl (C=O) groups is 3. The molecular formula is C22H28N4O3. The van der Waals surface area contributed by atoms with Gasteiger partial charge in [-0.15, -0.1) is 0 Å². The number of piperidine rings is 2. The Morgan fingerprint density at radius 2 is 2.07 bits per heavy atom. The molecule has 1 aromatic rings. The van der Waals surface area contributed by atoms with Gasteiger partial charge in [0.1, 0.15) is 6.04 Å². The topological polar surface area (TPSA) is 90.5 Å². The third-order valence-corrected chi connectivity index (χ3v) is 7.14. The standard InChI is InChI=1S/C22H28N4O3/c27-18-6-5-17(20(28)25-18)26-12-15-4-1-3-14(19(15)21(26)29)11-24-16-9-22(10-16)7-2-8-23-13-22/h1,3-4,16-17,23-24H,2,5-13H2,(H,25,27,28). The Balaban J connectivity index is 1.24. The van der Waals surface area contributed by atoms with Crippen LogP contribution < -0.4 is 16.0 Å². The Morgan fingerprint density at radius 3 is 2.83 bits per heavy atom. The van der Waals surface area contributed by atoms with Crippen molar-refractivity contribution in [3.05, 3.63) is 34.9 Å². The zero-order valence-corrected chi connectivity index (χ0v) is 16.6. The molecule has 1 aliphatic carbocycles. The Hall–Kier alpha value is -2.25. The second kappa shape index (κ2) is 7.22. The number of nitrogens with one attached hydrogen (secondary N) is 3. The van der Waals surface area contributed by atoms with Crippen LogP contribution in [0.5, 0.6) is 0 Å². The van der Waals surface area contributed by atoms with Gasteiger partial charge in [-0.25, -0.2) is 0 Å². The highest BCUT2D eigenvalue weighted by atomic mass is 16.2. The number of fused-ring (bicyclic) bond motifs is 1. The highest BCUT2D eigenvalue weighted by molar-refractivity contribution is 6.05. The lowest BCUT2D eigenvalue weighted by atomic mass is 9.62. The van der Waals surface area contributed by atoms with Crippen LogP contribution in [0.25, 0.3) is 0 Å². The average molecular weight is 396 g/mol. The van der Waals surface area contributed by atoms with E-state index in [4.69, 9.17) is 0 Å². The lowest BCUT2D eigenvalue weighted by Crippen LogP contribution is -2.55. The minimum atomic E-state index is -0.557. The number of hydrogen-bond donors (Lipinski definition) is 3. The first-order chi connectivity index (χ1) is 14.0. The summed E-state index contributed by atoms with van der Waals surface area (Å²) in [6, 6.07) is 5.92. The summed E-state index contributed by atoms with van der Waals surface area (Å²) in [5.74, 6) is -0.705. The van der Waals surface area contributed by atoms with Crippen molar-refractivity contribution in [2.24, 2.45) is 5.41 Å². The summed E-state index contributed by atoms with van der Waals surface area (Å²) in [7, 11) is 0. The zero-order chi connectivity index (χ0) is 20.0. The van der Waals surface area contributed by atoms with Crippen LogP contribution in [0, 0.1) is 5.41 Å². The molecule has 3 heterocycles. The Labute approximate surface area is 170 Å². The molecule has 1 unspecified atom stereocenters. The van der Waals surface area contributed by atoms with Gasteiger partial charge in [-0.3, -0.25) is 19.7 Å². The molecule has 0 bridgehead atoms. The molecule has 1 atom stereocenters. The predicted octanol–water partition coefficient (Wildman–Crippen LogP) is 1.07. The first kappa shape index (κ1) is 18.8. The lowest BCUT2D eigenvalue weighted by Gasteiger charge is -2.50. The number of imide groups is 1. The summed E-state index contributed by atoms with van der Waals surface area (Å²) in [5.41, 5.74) is 3.19. The molecule has 5 rings (SSSR count). The van der Waals surface area contributed by atoms with Gasteiger partial charge in [0.25, 0.3) is 5.91 Å². The van der Waals surface area contributed by atoms with Crippen molar-refractivity contribution in [1.82, 2.24) is 20.9 Å². The van der Waals surface area contributed by atoms with Gasteiger partial charge in [0.2, 0.25) is 11.8 Å². The van der Waals surface area contributed by atoms with Gasteiger partial charge in [-0.2, -0.15) is 0 Å². The van der Waals surface area contributed by atoms with Gasteiger partial charge in [0, 0.05) is 37.7 Å². The number of carbonyl (C=O) groups excluding carboxylic acids is 3. The average Bonchev–Trinajstić information content (AvgIpc) is 3.02. The van der Waals surface area contributed by atoms with Gasteiger partial charge in [0.05, 0.1) is 0 Å². The molecule has 3 aliphatic heterocycles. The summed E-state index contributed by atoms with van der Waals surface area (Å²) in [5, 5.41) is 9.53. The van der Waals surface area contributed by atoms with Crippen molar-refractivity contribution < 1.29 is 14.4 Å². The minimum Gasteiger partial charge on any atom is -0.322 e. The summed E-state index contributed by atoms with van der Waals surface area (Å²) >= 11 is 0. The smallest absolute Gasteiger partial charge is 0.255 e. The molecule has 3 amide bonds. The van der Waals surface area contributed by atoms with E-state index in [2.05, 4.69) is 16.0 Å². The number of amides is 3. The van der Waals surface area contributed by atoms with E-state index in [0.717, 1.165) is 29.8 Å². The minimum absolute atomic E-state index is 0.0894. The first-order valence-corrected chi connectivity index (χ1v) is 10.7. The normalized spacial score (nSPS) is 31.6. The molecule has 154 valence electrons. The molecule has 1 aromatic carbocycles. The maximum atomic E-state index is 13.1. The largest absolute Gasteiger partial charge is 0.322 e. The van der Waals surface area contributed by atoms with Crippen molar-refractivity contribution in [3.8, 4) is 0 Å². The number of nitrogens with zero attached hydrogens (tertiary/aromatic N) is 1. The van der Waals surface area contributed by atoms with Crippen molar-refractivity contribution in [2.45, 2.75) is 63.7 Å². The molecular weight excluding hydrogens is 368 g/mol. The third kappa shape index (κ3) is 3.36. The van der Waals surface area contributed by atoms with Crippen LogP contribution in [-0.4, -0.2) is 47.8 Å². The zero-order valence-electron chi connectivity index (χ0n) is 16.6. The van der Waals surface area contributed by atoms with Crippen LogP contribution in [-0.2, 0) is 22.7 Å². The molecule has 3 fully saturated rings. The summed E-state index contributed by atoms with van der Waals surface area (Å²) in [6.07, 6.45) is 5.66. The van der Waals surface area contributed by atoms with Gasteiger partial charge >= 0.3 is 0 Å². The predicted molar refractivity (Wildman–Crippen MR) is 107 cm³/mol. The molecule has 29 heavy (non-hydrogen) atoms. The highest BCUT2D eigenvalue weighted by Gasteiger charge is 2.44. The summed E-state index contributed by atoms with van der Waals surface area (Å²) < 4.78 is 0. The maximum Gasteiger partial charge on any atom is 0.255 e. The van der Waals surface area contributed by atoms with Gasteiger partial charge < -0.3 is 15.5 Å². The molecule has 7 nitrogen and oxygen atoms in total. The SMILES string of the molecule is O=C1CCC(N2Cc3cccc(CNC4CC5(CCCNC5)C4)c3C2=O)C(=O)N1. The molecule has 4 aliphatic rings. The van der Waals surface area contributed by atoms with Crippen LogP contribution in [0.1, 0.15) is 60.0 Å². The fourth-order valence-electron chi connectivity index (χ4n) is 5.60. The first-order valence-electron chi connectivity index (χ1n) is 10.7. The van der Waals surface area contributed by atoms with Gasteiger partial charge in [0.15, 0.2) is 0 Å². The third-order valence-electron chi connectivity index (χ3n) is 7.14. The van der Waals surface area contributed by atoms with Gasteiger partial charge in [-0.1, -0.05) is 18.2 Å². The fraction of sp³-hybridized carbons (Fsp3) is 0.591. The monoisotopic (exact) mass is 396 g/mol. The van der Waals surface area contributed by atoms with E-state index in [1.54, 1.807) is 4.90 Å². The molecule has 0 aromatic heterocycles. The number of rotatable bonds is 4. The second-order valence-corrected chi connectivity index (χ2v) is 9.12. The summed E-state index contributed by atoms with van der Waals surface area (Å²) in [6.45, 7) is 3.38. The molecule has 7 heteroatoms. The molecule has 0 radical (unpaired) electrons. The van der Waals surface area contributed by atoms with E-state index < -0.39 is 6.04 Å². The van der Waals surface area contributed by atoms with E-state index in [-0.39, 0.29) is 24.1 Å². The second-order valence-electron chi connectivity index (χ2n) is 9.12. The Morgan fingerprint density at radius 1 is 1.21 bits per heavy atom. The fourth-order valence-corrected chi connectivity index (χ4v) is 5.60. The van der Waals surface area contributed by atoms with E-state index in [0.29, 0.717) is 31.0 Å². The van der Waals surface area contributed by atoms with Crippen molar-refractivity contribution in [1.29, 1.82) is 0 Å². The van der Waals surface area contributed by atoms with Crippen molar-refractivity contribution in [2.75, 3.05) is 13.1 Å². The molecule has 1 spiro atoms. The van der Waals surface area contributed by atoms with Crippen LogP contribution in [0.2, 0.25) is 0 Å². The Kier molecular flexibility index (Phi) is 4.67. The maximum absolute atomic E-state index is 13.1. The van der Waals surface area contributed by atoms with E-state index >= 15 is 0 Å². The lowest BCUT2D eigenvalue weighted by molar-refractivity contribution is -0.136. The quantitative estimate of drug-likeness (QED) is 0.663. The number of hydrogen-bond acceptors (Lipinski definition) is 5. The van der Waals surface area contributed by atoms with Crippen molar-refractivity contribution in [3.63, 3.8) is 0 Å². The van der Waals surface area contributed by atoms with E-state index in [9.17, 15) is 14.4 Å². The molecule has 3 N–H and O–H groups in total. The van der Waals surface area contributed by atoms with Gasteiger partial charge in [-0.05, 0) is 55.2 Å². The van der Waals surface area contributed by atoms with E-state index in [1.165, 1.54) is 25.7 Å². The Bertz CT molecular complexity index is 854.